The molecule has 0 unspecified atom stereocenters. The number of hydrogen-bond donors (Lipinski definition) is 1. The van der Waals surface area contributed by atoms with Crippen molar-refractivity contribution in [2.24, 2.45) is 16.7 Å². The van der Waals surface area contributed by atoms with Crippen molar-refractivity contribution >= 4 is 37.5 Å². The molecule has 254 valence electrons. The van der Waals surface area contributed by atoms with Crippen LogP contribution in [0.15, 0.2) is 24.3 Å². The third-order valence-electron chi connectivity index (χ3n) is 10.5. The van der Waals surface area contributed by atoms with Crippen LogP contribution in [0.1, 0.15) is 65.9 Å². The second-order valence-electron chi connectivity index (χ2n) is 14.9. The zero-order valence-electron chi connectivity index (χ0n) is 28.1. The Hall–Kier alpha value is -2.38. The van der Waals surface area contributed by atoms with Gasteiger partial charge in [0.1, 0.15) is 21.5 Å². The predicted octanol–water partition coefficient (Wildman–Crippen LogP) is 3.43. The van der Waals surface area contributed by atoms with E-state index in [1.54, 1.807) is 25.1 Å². The molecule has 1 N–H and O–H groups in total. The van der Waals surface area contributed by atoms with Gasteiger partial charge in [0.05, 0.1) is 11.5 Å². The fourth-order valence-corrected chi connectivity index (χ4v) is 10.6. The van der Waals surface area contributed by atoms with Gasteiger partial charge >= 0.3 is 6.09 Å². The van der Waals surface area contributed by atoms with Crippen LogP contribution in [0.4, 0.5) is 10.5 Å². The fraction of sp³-hybridized carbons (Fsp3) is 0.750. The maximum atomic E-state index is 14.1. The average molecular weight is 669 g/mol. The van der Waals surface area contributed by atoms with Crippen LogP contribution in [0.25, 0.3) is 0 Å². The van der Waals surface area contributed by atoms with E-state index in [4.69, 9.17) is 4.74 Å². The highest BCUT2D eigenvalue weighted by Gasteiger charge is 2.66. The van der Waals surface area contributed by atoms with Crippen molar-refractivity contribution in [3.8, 4) is 0 Å². The molecule has 2 bridgehead atoms. The van der Waals surface area contributed by atoms with Crippen molar-refractivity contribution in [2.75, 3.05) is 55.9 Å². The van der Waals surface area contributed by atoms with Crippen LogP contribution >= 0.6 is 0 Å². The monoisotopic (exact) mass is 668 g/mol. The first kappa shape index (κ1) is 35.5. The summed E-state index contributed by atoms with van der Waals surface area (Å²) in [5.74, 6) is -0.627. The van der Waals surface area contributed by atoms with Gasteiger partial charge in [-0.15, -0.1) is 0 Å². The molecule has 0 spiro atoms. The maximum absolute atomic E-state index is 14.1. The number of carbonyl (C=O) groups is 2. The van der Waals surface area contributed by atoms with E-state index in [1.165, 1.54) is 7.05 Å². The number of likely N-dealkylation sites (N-methyl/N-ethyl adjacent to an activating group) is 1. The van der Waals surface area contributed by atoms with E-state index in [0.29, 0.717) is 39.0 Å². The van der Waals surface area contributed by atoms with Gasteiger partial charge < -0.3 is 15.0 Å². The summed E-state index contributed by atoms with van der Waals surface area (Å²) in [4.78, 5) is 30.2. The molecule has 2 saturated carbocycles. The van der Waals surface area contributed by atoms with Crippen molar-refractivity contribution in [2.45, 2.75) is 84.9 Å². The zero-order valence-corrected chi connectivity index (χ0v) is 29.8. The lowest BCUT2D eigenvalue weighted by atomic mass is 9.69. The molecular weight excluding hydrogens is 617 g/mol. The number of nitrogens with zero attached hydrogens (tertiary/aromatic N) is 3. The van der Waals surface area contributed by atoms with Crippen molar-refractivity contribution in [1.82, 2.24) is 14.5 Å². The molecule has 1 aliphatic heterocycles. The Morgan fingerprint density at radius 2 is 1.71 bits per heavy atom. The molecule has 0 radical (unpaired) electrons. The Balaban J connectivity index is 1.53. The van der Waals surface area contributed by atoms with Gasteiger partial charge in [-0.05, 0) is 76.3 Å². The first-order valence-corrected chi connectivity index (χ1v) is 19.6. The minimum atomic E-state index is -3.67. The topological polar surface area (TPSA) is 133 Å². The number of ether oxygens (including phenoxy) is 1. The molecule has 1 aromatic rings. The highest BCUT2D eigenvalue weighted by Crippen LogP contribution is 2.66. The molecule has 3 aliphatic rings. The van der Waals surface area contributed by atoms with Crippen LogP contribution in [-0.2, 0) is 29.4 Å². The highest BCUT2D eigenvalue weighted by atomic mass is 32.2. The van der Waals surface area contributed by atoms with Crippen LogP contribution < -0.4 is 10.2 Å². The molecule has 1 heterocycles. The van der Waals surface area contributed by atoms with Crippen molar-refractivity contribution in [1.29, 1.82) is 0 Å². The van der Waals surface area contributed by atoms with Crippen LogP contribution in [0.3, 0.4) is 0 Å². The molecule has 1 aromatic carbocycles. The summed E-state index contributed by atoms with van der Waals surface area (Å²) in [5, 5.41) is 3.13. The third-order valence-corrected chi connectivity index (χ3v) is 13.5. The smallest absolute Gasteiger partial charge is 0.410 e. The second-order valence-corrected chi connectivity index (χ2v) is 19.1. The molecule has 1 saturated heterocycles. The van der Waals surface area contributed by atoms with Gasteiger partial charge in [0, 0.05) is 56.6 Å². The average Bonchev–Trinajstić information content (AvgIpc) is 3.26. The summed E-state index contributed by atoms with van der Waals surface area (Å²) in [7, 11) is -5.66. The Morgan fingerprint density at radius 3 is 2.27 bits per heavy atom. The summed E-state index contributed by atoms with van der Waals surface area (Å²) < 4.78 is 59.4. The number of para-hydroxylation sites is 1. The number of carbonyl (C=O) groups excluding carboxylic acids is 2. The first-order chi connectivity index (χ1) is 20.7. The lowest BCUT2D eigenvalue weighted by molar-refractivity contribution is -0.127. The number of amides is 2. The summed E-state index contributed by atoms with van der Waals surface area (Å²) in [6.07, 6.45) is 2.43. The van der Waals surface area contributed by atoms with Crippen LogP contribution in [-0.4, -0.2) is 107 Å². The largest absolute Gasteiger partial charge is 0.444 e. The molecule has 13 heteroatoms. The van der Waals surface area contributed by atoms with E-state index in [1.807, 2.05) is 12.1 Å². The first-order valence-electron chi connectivity index (χ1n) is 15.9. The molecule has 2 amide bonds. The number of rotatable bonds is 10. The molecule has 0 aromatic heterocycles. The Labute approximate surface area is 270 Å². The SMILES string of the molecule is Cc1ccccc1N1CCN(S(=O)(=O)C[C@]23CC[C@H](C[C@@H]2NC(=O)[C@H](CCS(C)(=O)=O)N(C)C(=O)OC(C)(C)C)C3(C)C)CC1. The molecule has 11 nitrogen and oxygen atoms in total. The van der Waals surface area contributed by atoms with E-state index < -0.39 is 55.0 Å². The minimum Gasteiger partial charge on any atom is -0.444 e. The number of anilines is 1. The molecule has 45 heavy (non-hydrogen) atoms. The van der Waals surface area contributed by atoms with Crippen LogP contribution in [0.5, 0.6) is 0 Å². The number of nitrogens with one attached hydrogen (secondary N) is 1. The lowest BCUT2D eigenvalue weighted by Gasteiger charge is -2.45. The lowest BCUT2D eigenvalue weighted by Crippen LogP contribution is -2.58. The van der Waals surface area contributed by atoms with Gasteiger partial charge in [-0.25, -0.2) is 21.6 Å². The molecule has 4 rings (SSSR count). The second kappa shape index (κ2) is 12.7. The fourth-order valence-electron chi connectivity index (χ4n) is 7.72. The van der Waals surface area contributed by atoms with Crippen LogP contribution in [0, 0.1) is 23.7 Å². The Kier molecular flexibility index (Phi) is 9.99. The van der Waals surface area contributed by atoms with E-state index in [-0.39, 0.29) is 29.3 Å². The van der Waals surface area contributed by atoms with E-state index in [9.17, 15) is 26.4 Å². The van der Waals surface area contributed by atoms with Gasteiger partial charge in [0.25, 0.3) is 0 Å². The molecule has 4 atom stereocenters. The molecule has 3 fully saturated rings. The van der Waals surface area contributed by atoms with Crippen molar-refractivity contribution < 1.29 is 31.2 Å². The number of aryl methyl sites for hydroxylation is 1. The molecular formula is C32H52N4O7S2. The number of hydrogen-bond acceptors (Lipinski definition) is 8. The van der Waals surface area contributed by atoms with Gasteiger partial charge in [0.15, 0.2) is 0 Å². The number of fused-ring (bicyclic) bond motifs is 2. The summed E-state index contributed by atoms with van der Waals surface area (Å²) in [6, 6.07) is 6.58. The Bertz CT molecular complexity index is 1480. The number of piperazine rings is 1. The maximum Gasteiger partial charge on any atom is 0.410 e. The Morgan fingerprint density at radius 1 is 1.09 bits per heavy atom. The van der Waals surface area contributed by atoms with E-state index >= 15 is 0 Å². The van der Waals surface area contributed by atoms with Crippen molar-refractivity contribution in [3.05, 3.63) is 29.8 Å². The van der Waals surface area contributed by atoms with Gasteiger partial charge in [-0.2, -0.15) is 4.31 Å². The van der Waals surface area contributed by atoms with E-state index in [2.05, 4.69) is 43.1 Å². The zero-order chi connectivity index (χ0) is 33.6. The number of sulfone groups is 1. The quantitative estimate of drug-likeness (QED) is 0.401. The van der Waals surface area contributed by atoms with Gasteiger partial charge in [-0.1, -0.05) is 32.0 Å². The van der Waals surface area contributed by atoms with Crippen molar-refractivity contribution in [3.63, 3.8) is 0 Å². The normalized spacial score (nSPS) is 26.0. The van der Waals surface area contributed by atoms with Gasteiger partial charge in [0.2, 0.25) is 15.9 Å². The van der Waals surface area contributed by atoms with Gasteiger partial charge in [-0.3, -0.25) is 9.69 Å². The summed E-state index contributed by atoms with van der Waals surface area (Å²) in [6.45, 7) is 13.4. The third kappa shape index (κ3) is 7.62. The summed E-state index contributed by atoms with van der Waals surface area (Å²) >= 11 is 0. The van der Waals surface area contributed by atoms with Crippen LogP contribution in [0.2, 0.25) is 0 Å². The molecule has 2 aliphatic carbocycles. The number of benzene rings is 1. The summed E-state index contributed by atoms with van der Waals surface area (Å²) in [5.41, 5.74) is 0.420. The van der Waals surface area contributed by atoms with E-state index in [0.717, 1.165) is 28.8 Å². The predicted molar refractivity (Wildman–Crippen MR) is 176 cm³/mol. The number of sulfonamides is 1. The standard InChI is InChI=1S/C32H52N4O7S2/c1-23-11-9-10-12-25(23)35-16-18-36(19-17-35)45(41,42)22-32-15-13-24(31(32,5)6)21-27(32)33-28(37)26(14-20-44(8,39)40)34(7)29(38)43-30(2,3)4/h9-12,24,26-27H,13-22H2,1-8H3,(H,33,37)/t24-,26+,27+,32-/m1/s1. The minimum absolute atomic E-state index is 0.0747. The highest BCUT2D eigenvalue weighted by molar-refractivity contribution is 7.90.